The van der Waals surface area contributed by atoms with Crippen LogP contribution in [0.4, 0.5) is 41.9 Å². The first-order valence-corrected chi connectivity index (χ1v) is 8.43. The van der Waals surface area contributed by atoms with Gasteiger partial charge in [-0.3, -0.25) is 0 Å². The van der Waals surface area contributed by atoms with Crippen molar-refractivity contribution in [1.82, 2.24) is 9.97 Å². The number of alkyl halides is 3. The van der Waals surface area contributed by atoms with Crippen molar-refractivity contribution < 1.29 is 17.9 Å². The molecule has 2 aromatic carbocycles. The van der Waals surface area contributed by atoms with E-state index in [4.69, 9.17) is 5.73 Å². The van der Waals surface area contributed by atoms with E-state index in [1.807, 2.05) is 24.3 Å². The van der Waals surface area contributed by atoms with Crippen LogP contribution >= 0.6 is 0 Å². The third kappa shape index (κ3) is 5.03. The molecule has 4 N–H and O–H groups in total. The predicted octanol–water partition coefficient (Wildman–Crippen LogP) is 5.01. The van der Waals surface area contributed by atoms with Gasteiger partial charge in [-0.05, 0) is 48.4 Å². The van der Waals surface area contributed by atoms with Crippen LogP contribution in [0.1, 0.15) is 12.5 Å². The summed E-state index contributed by atoms with van der Waals surface area (Å²) in [6.07, 6.45) is -2.46. The SMILES string of the molecule is CCc1ccc(Nc2ncnc(Nc3ccc(OC(F)(F)F)cc3)c2N)cc1. The van der Waals surface area contributed by atoms with Gasteiger partial charge < -0.3 is 21.1 Å². The van der Waals surface area contributed by atoms with E-state index in [9.17, 15) is 13.2 Å². The molecular weight excluding hydrogens is 371 g/mol. The number of aromatic nitrogens is 2. The Balaban J connectivity index is 1.73. The molecule has 0 fully saturated rings. The lowest BCUT2D eigenvalue weighted by Gasteiger charge is -2.13. The van der Waals surface area contributed by atoms with Crippen molar-refractivity contribution in [3.05, 3.63) is 60.4 Å². The Hall–Kier alpha value is -3.49. The summed E-state index contributed by atoms with van der Waals surface area (Å²) in [5, 5.41) is 6.08. The smallest absolute Gasteiger partial charge is 0.406 e. The van der Waals surface area contributed by atoms with Crippen molar-refractivity contribution in [1.29, 1.82) is 0 Å². The van der Waals surface area contributed by atoms with Crippen molar-refractivity contribution >= 4 is 28.7 Å². The second kappa shape index (κ2) is 8.03. The highest BCUT2D eigenvalue weighted by atomic mass is 19.4. The maximum atomic E-state index is 12.2. The van der Waals surface area contributed by atoms with Crippen LogP contribution in [0.2, 0.25) is 0 Å². The summed E-state index contributed by atoms with van der Waals surface area (Å²) < 4.78 is 40.5. The lowest BCUT2D eigenvalue weighted by atomic mass is 10.1. The van der Waals surface area contributed by atoms with Crippen LogP contribution in [-0.2, 0) is 6.42 Å². The lowest BCUT2D eigenvalue weighted by molar-refractivity contribution is -0.274. The first-order valence-electron chi connectivity index (χ1n) is 8.43. The van der Waals surface area contributed by atoms with E-state index in [0.717, 1.165) is 12.1 Å². The largest absolute Gasteiger partial charge is 0.573 e. The van der Waals surface area contributed by atoms with Crippen LogP contribution in [0.15, 0.2) is 54.9 Å². The first kappa shape index (κ1) is 19.3. The van der Waals surface area contributed by atoms with E-state index >= 15 is 0 Å². The van der Waals surface area contributed by atoms with Gasteiger partial charge in [-0.1, -0.05) is 19.1 Å². The molecule has 0 aliphatic carbocycles. The number of nitrogen functional groups attached to an aromatic ring is 1. The fourth-order valence-electron chi connectivity index (χ4n) is 2.43. The normalized spacial score (nSPS) is 11.1. The van der Waals surface area contributed by atoms with Gasteiger partial charge >= 0.3 is 6.36 Å². The summed E-state index contributed by atoms with van der Waals surface area (Å²) in [6.45, 7) is 2.07. The molecule has 0 spiro atoms. The zero-order chi connectivity index (χ0) is 20.1. The van der Waals surface area contributed by atoms with Gasteiger partial charge in [0.15, 0.2) is 11.6 Å². The number of hydrogen-bond donors (Lipinski definition) is 3. The van der Waals surface area contributed by atoms with Crippen LogP contribution in [0.25, 0.3) is 0 Å². The number of ether oxygens (including phenoxy) is 1. The van der Waals surface area contributed by atoms with E-state index < -0.39 is 6.36 Å². The molecule has 0 amide bonds. The predicted molar refractivity (Wildman–Crippen MR) is 102 cm³/mol. The number of aryl methyl sites for hydroxylation is 1. The molecule has 0 radical (unpaired) electrons. The summed E-state index contributed by atoms with van der Waals surface area (Å²) in [5.41, 5.74) is 8.93. The average Bonchev–Trinajstić information content (AvgIpc) is 2.66. The van der Waals surface area contributed by atoms with Gasteiger partial charge in [0.05, 0.1) is 0 Å². The number of hydrogen-bond acceptors (Lipinski definition) is 6. The Bertz CT molecular complexity index is 928. The van der Waals surface area contributed by atoms with Crippen molar-refractivity contribution in [3.63, 3.8) is 0 Å². The first-order chi connectivity index (χ1) is 13.3. The number of nitrogens with two attached hydrogens (primary N) is 1. The molecular formula is C19H18F3N5O. The molecule has 6 nitrogen and oxygen atoms in total. The van der Waals surface area contributed by atoms with Crippen LogP contribution in [0.3, 0.4) is 0 Å². The molecule has 0 saturated carbocycles. The summed E-state index contributed by atoms with van der Waals surface area (Å²) in [5.74, 6) is 0.428. The number of nitrogens with one attached hydrogen (secondary N) is 2. The van der Waals surface area contributed by atoms with Crippen molar-refractivity contribution in [2.24, 2.45) is 0 Å². The van der Waals surface area contributed by atoms with Crippen LogP contribution in [0.5, 0.6) is 5.75 Å². The van der Waals surface area contributed by atoms with Crippen LogP contribution < -0.4 is 21.1 Å². The Morgan fingerprint density at radius 3 is 1.86 bits per heavy atom. The van der Waals surface area contributed by atoms with E-state index in [1.165, 1.54) is 36.2 Å². The Morgan fingerprint density at radius 1 is 0.893 bits per heavy atom. The topological polar surface area (TPSA) is 85.1 Å². The summed E-state index contributed by atoms with van der Waals surface area (Å²) in [7, 11) is 0. The zero-order valence-electron chi connectivity index (χ0n) is 14.9. The van der Waals surface area contributed by atoms with E-state index in [1.54, 1.807) is 0 Å². The number of nitrogens with zero attached hydrogens (tertiary/aromatic N) is 2. The minimum atomic E-state index is -4.73. The average molecular weight is 389 g/mol. The van der Waals surface area contributed by atoms with Crippen LogP contribution in [-0.4, -0.2) is 16.3 Å². The fraction of sp³-hybridized carbons (Fsp3) is 0.158. The Labute approximate surface area is 159 Å². The number of anilines is 5. The maximum Gasteiger partial charge on any atom is 0.573 e. The third-order valence-corrected chi connectivity index (χ3v) is 3.86. The molecule has 1 heterocycles. The molecule has 0 unspecified atom stereocenters. The molecule has 0 aliphatic heterocycles. The molecule has 0 atom stereocenters. The maximum absolute atomic E-state index is 12.2. The van der Waals surface area contributed by atoms with Gasteiger partial charge in [-0.25, -0.2) is 9.97 Å². The minimum absolute atomic E-state index is 0.276. The highest BCUT2D eigenvalue weighted by Crippen LogP contribution is 2.29. The molecule has 3 aromatic rings. The third-order valence-electron chi connectivity index (χ3n) is 3.86. The van der Waals surface area contributed by atoms with Gasteiger partial charge in [0, 0.05) is 11.4 Å². The van der Waals surface area contributed by atoms with Gasteiger partial charge in [0.25, 0.3) is 0 Å². The van der Waals surface area contributed by atoms with Gasteiger partial charge in [0.2, 0.25) is 0 Å². The number of halogens is 3. The van der Waals surface area contributed by atoms with Gasteiger partial charge in [0.1, 0.15) is 17.8 Å². The van der Waals surface area contributed by atoms with E-state index in [-0.39, 0.29) is 11.4 Å². The number of rotatable bonds is 6. The minimum Gasteiger partial charge on any atom is -0.406 e. The molecule has 146 valence electrons. The summed E-state index contributed by atoms with van der Waals surface area (Å²) in [4.78, 5) is 8.23. The van der Waals surface area contributed by atoms with Gasteiger partial charge in [-0.15, -0.1) is 13.2 Å². The second-order valence-corrected chi connectivity index (χ2v) is 5.86. The molecule has 0 aliphatic rings. The summed E-state index contributed by atoms with van der Waals surface area (Å²) in [6, 6.07) is 13.1. The second-order valence-electron chi connectivity index (χ2n) is 5.86. The fourth-order valence-corrected chi connectivity index (χ4v) is 2.43. The summed E-state index contributed by atoms with van der Waals surface area (Å²) >= 11 is 0. The highest BCUT2D eigenvalue weighted by molar-refractivity contribution is 5.80. The molecule has 0 bridgehead atoms. The Morgan fingerprint density at radius 2 is 1.39 bits per heavy atom. The Kier molecular flexibility index (Phi) is 5.53. The van der Waals surface area contributed by atoms with E-state index in [2.05, 4.69) is 32.3 Å². The molecule has 0 saturated heterocycles. The van der Waals surface area contributed by atoms with Crippen molar-refractivity contribution in [2.75, 3.05) is 16.4 Å². The molecule has 3 rings (SSSR count). The monoisotopic (exact) mass is 389 g/mol. The van der Waals surface area contributed by atoms with Gasteiger partial charge in [-0.2, -0.15) is 0 Å². The van der Waals surface area contributed by atoms with Crippen molar-refractivity contribution in [2.45, 2.75) is 19.7 Å². The molecule has 9 heteroatoms. The van der Waals surface area contributed by atoms with Crippen molar-refractivity contribution in [3.8, 4) is 5.75 Å². The standard InChI is InChI=1S/C19H18F3N5O/c1-2-12-3-5-13(6-4-12)26-17-16(23)18(25-11-24-17)27-14-7-9-15(10-8-14)28-19(20,21)22/h3-11H,2,23H2,1H3,(H2,24,25,26,27). The number of benzene rings is 2. The zero-order valence-corrected chi connectivity index (χ0v) is 14.9. The molecule has 1 aromatic heterocycles. The highest BCUT2D eigenvalue weighted by Gasteiger charge is 2.30. The quantitative estimate of drug-likeness (QED) is 0.550. The lowest BCUT2D eigenvalue weighted by Crippen LogP contribution is -2.17. The van der Waals surface area contributed by atoms with Crippen LogP contribution in [0, 0.1) is 0 Å². The van der Waals surface area contributed by atoms with E-state index in [0.29, 0.717) is 17.3 Å². The molecule has 28 heavy (non-hydrogen) atoms.